The molecular weight excluding hydrogens is 298 g/mol. The minimum absolute atomic E-state index is 0.0556. The summed E-state index contributed by atoms with van der Waals surface area (Å²) in [5.41, 5.74) is 0.180. The van der Waals surface area contributed by atoms with Gasteiger partial charge in [0.25, 0.3) is 0 Å². The Labute approximate surface area is 120 Å². The van der Waals surface area contributed by atoms with Gasteiger partial charge in [-0.1, -0.05) is 41.4 Å². The Morgan fingerprint density at radius 2 is 1.83 bits per heavy atom. The average molecular weight is 310 g/mol. The molecule has 0 heterocycles. The number of halogens is 3. The number of hydrogen-bond donors (Lipinski definition) is 0. The Morgan fingerprint density at radius 1 is 1.28 bits per heavy atom. The fourth-order valence-corrected chi connectivity index (χ4v) is 2.04. The van der Waals surface area contributed by atoms with E-state index < -0.39 is 5.97 Å². The molecule has 0 N–H and O–H groups in total. The van der Waals surface area contributed by atoms with Crippen LogP contribution in [0.1, 0.15) is 6.92 Å². The van der Waals surface area contributed by atoms with Crippen LogP contribution in [-0.2, 0) is 9.53 Å². The van der Waals surface area contributed by atoms with Gasteiger partial charge in [-0.15, -0.1) is 0 Å². The van der Waals surface area contributed by atoms with Gasteiger partial charge in [0.2, 0.25) is 0 Å². The zero-order valence-electron chi connectivity index (χ0n) is 9.63. The number of carbonyl (C=O) groups is 1. The third-order valence-corrected chi connectivity index (χ3v) is 2.70. The molecule has 0 aliphatic heterocycles. The van der Waals surface area contributed by atoms with Gasteiger partial charge in [-0.05, 0) is 19.1 Å². The van der Waals surface area contributed by atoms with Crippen molar-refractivity contribution in [3.63, 3.8) is 0 Å². The highest BCUT2D eigenvalue weighted by atomic mass is 35.5. The number of esters is 1. The first-order chi connectivity index (χ1) is 8.45. The van der Waals surface area contributed by atoms with E-state index in [2.05, 4.69) is 6.58 Å². The van der Waals surface area contributed by atoms with Gasteiger partial charge in [0.1, 0.15) is 6.61 Å². The van der Waals surface area contributed by atoms with Crippen molar-refractivity contribution in [3.05, 3.63) is 39.4 Å². The molecule has 0 aliphatic rings. The van der Waals surface area contributed by atoms with E-state index in [1.807, 2.05) is 0 Å². The molecule has 0 saturated carbocycles. The Morgan fingerprint density at radius 3 is 2.33 bits per heavy atom. The number of rotatable bonds is 5. The van der Waals surface area contributed by atoms with Crippen molar-refractivity contribution < 1.29 is 14.3 Å². The lowest BCUT2D eigenvalue weighted by molar-refractivity contribution is -0.138. The molecule has 0 saturated heterocycles. The fraction of sp³-hybridized carbons (Fsp3) is 0.250. The lowest BCUT2D eigenvalue weighted by atomic mass is 10.3. The summed E-state index contributed by atoms with van der Waals surface area (Å²) in [7, 11) is 0. The van der Waals surface area contributed by atoms with Crippen LogP contribution in [0.3, 0.4) is 0 Å². The van der Waals surface area contributed by atoms with Crippen LogP contribution in [0.15, 0.2) is 24.3 Å². The van der Waals surface area contributed by atoms with Crippen molar-refractivity contribution in [3.8, 4) is 5.75 Å². The smallest absolute Gasteiger partial charge is 0.336 e. The lowest BCUT2D eigenvalue weighted by Crippen LogP contribution is -2.13. The molecule has 6 heteroatoms. The summed E-state index contributed by atoms with van der Waals surface area (Å²) in [5, 5.41) is 0.940. The zero-order chi connectivity index (χ0) is 13.7. The minimum Gasteiger partial charge on any atom is -0.486 e. The SMILES string of the molecule is C=C(COc1c(Cl)cc(Cl)cc1Cl)C(=O)OCC. The van der Waals surface area contributed by atoms with Crippen LogP contribution in [0.4, 0.5) is 0 Å². The second kappa shape index (κ2) is 6.88. The van der Waals surface area contributed by atoms with Crippen LogP contribution in [0.2, 0.25) is 15.1 Å². The molecule has 0 fully saturated rings. The molecule has 0 bridgehead atoms. The van der Waals surface area contributed by atoms with E-state index >= 15 is 0 Å². The third kappa shape index (κ3) is 4.09. The Hall–Kier alpha value is -0.900. The summed E-state index contributed by atoms with van der Waals surface area (Å²) >= 11 is 17.6. The first kappa shape index (κ1) is 15.2. The fourth-order valence-electron chi connectivity index (χ4n) is 1.12. The highest BCUT2D eigenvalue weighted by molar-refractivity contribution is 6.40. The monoisotopic (exact) mass is 308 g/mol. The predicted octanol–water partition coefficient (Wildman–Crippen LogP) is 4.14. The number of ether oxygens (including phenoxy) is 2. The summed E-state index contributed by atoms with van der Waals surface area (Å²) < 4.78 is 10.1. The van der Waals surface area contributed by atoms with E-state index in [1.54, 1.807) is 6.92 Å². The van der Waals surface area contributed by atoms with Gasteiger partial charge in [0, 0.05) is 5.02 Å². The molecular formula is C12H11Cl3O3. The molecule has 0 spiro atoms. The van der Waals surface area contributed by atoms with Gasteiger partial charge >= 0.3 is 5.97 Å². The predicted molar refractivity (Wildman–Crippen MR) is 72.7 cm³/mol. The highest BCUT2D eigenvalue weighted by Crippen LogP contribution is 2.35. The molecule has 3 nitrogen and oxygen atoms in total. The summed E-state index contributed by atoms with van der Waals surface area (Å²) in [6.07, 6.45) is 0. The number of benzene rings is 1. The summed E-state index contributed by atoms with van der Waals surface area (Å²) in [5.74, 6) is -0.258. The Kier molecular flexibility index (Phi) is 5.79. The number of hydrogen-bond acceptors (Lipinski definition) is 3. The van der Waals surface area contributed by atoms with E-state index in [4.69, 9.17) is 44.3 Å². The van der Waals surface area contributed by atoms with E-state index in [9.17, 15) is 4.79 Å². The van der Waals surface area contributed by atoms with E-state index in [0.29, 0.717) is 5.02 Å². The maximum Gasteiger partial charge on any atom is 0.336 e. The largest absolute Gasteiger partial charge is 0.486 e. The van der Waals surface area contributed by atoms with E-state index in [-0.39, 0.29) is 34.6 Å². The zero-order valence-corrected chi connectivity index (χ0v) is 11.9. The summed E-state index contributed by atoms with van der Waals surface area (Å²) in [4.78, 5) is 11.3. The minimum atomic E-state index is -0.515. The van der Waals surface area contributed by atoms with Crippen LogP contribution in [0, 0.1) is 0 Å². The quantitative estimate of drug-likeness (QED) is 0.605. The second-order valence-corrected chi connectivity index (χ2v) is 4.56. The molecule has 0 unspecified atom stereocenters. The van der Waals surface area contributed by atoms with Crippen molar-refractivity contribution in [1.82, 2.24) is 0 Å². The molecule has 1 aromatic rings. The molecule has 0 aromatic heterocycles. The average Bonchev–Trinajstić information content (AvgIpc) is 2.27. The van der Waals surface area contributed by atoms with Crippen molar-refractivity contribution in [2.75, 3.05) is 13.2 Å². The first-order valence-corrected chi connectivity index (χ1v) is 6.21. The molecule has 0 atom stereocenters. The third-order valence-electron chi connectivity index (χ3n) is 1.92. The van der Waals surface area contributed by atoms with Crippen LogP contribution in [0.25, 0.3) is 0 Å². The maximum absolute atomic E-state index is 11.3. The van der Waals surface area contributed by atoms with Crippen LogP contribution in [0.5, 0.6) is 5.75 Å². The molecule has 0 amide bonds. The van der Waals surface area contributed by atoms with Crippen molar-refractivity contribution in [2.45, 2.75) is 6.92 Å². The molecule has 0 aliphatic carbocycles. The van der Waals surface area contributed by atoms with Gasteiger partial charge in [-0.25, -0.2) is 4.79 Å². The molecule has 1 aromatic carbocycles. The van der Waals surface area contributed by atoms with Gasteiger partial charge in [-0.3, -0.25) is 0 Å². The number of carbonyl (C=O) groups excluding carboxylic acids is 1. The van der Waals surface area contributed by atoms with Gasteiger partial charge in [0.05, 0.1) is 22.2 Å². The van der Waals surface area contributed by atoms with Crippen LogP contribution < -0.4 is 4.74 Å². The van der Waals surface area contributed by atoms with Crippen molar-refractivity contribution in [1.29, 1.82) is 0 Å². The van der Waals surface area contributed by atoms with E-state index in [1.165, 1.54) is 12.1 Å². The van der Waals surface area contributed by atoms with Crippen molar-refractivity contribution in [2.24, 2.45) is 0 Å². The van der Waals surface area contributed by atoms with Crippen LogP contribution >= 0.6 is 34.8 Å². The van der Waals surface area contributed by atoms with Crippen molar-refractivity contribution >= 4 is 40.8 Å². The topological polar surface area (TPSA) is 35.5 Å². The molecule has 1 rings (SSSR count). The highest BCUT2D eigenvalue weighted by Gasteiger charge is 2.13. The second-order valence-electron chi connectivity index (χ2n) is 3.31. The van der Waals surface area contributed by atoms with Gasteiger partial charge < -0.3 is 9.47 Å². The Balaban J connectivity index is 2.70. The van der Waals surface area contributed by atoms with Gasteiger partial charge in [-0.2, -0.15) is 0 Å². The standard InChI is InChI=1S/C12H11Cl3O3/c1-3-17-12(16)7(2)6-18-11-9(14)4-8(13)5-10(11)15/h4-5H,2-3,6H2,1H3. The van der Waals surface area contributed by atoms with Gasteiger partial charge in [0.15, 0.2) is 5.75 Å². The molecule has 98 valence electrons. The molecule has 18 heavy (non-hydrogen) atoms. The summed E-state index contributed by atoms with van der Waals surface area (Å²) in [6, 6.07) is 2.99. The molecule has 0 radical (unpaired) electrons. The maximum atomic E-state index is 11.3. The lowest BCUT2D eigenvalue weighted by Gasteiger charge is -2.11. The van der Waals surface area contributed by atoms with Crippen LogP contribution in [-0.4, -0.2) is 19.2 Å². The first-order valence-electron chi connectivity index (χ1n) is 5.08. The van der Waals surface area contributed by atoms with E-state index in [0.717, 1.165) is 0 Å². The summed E-state index contributed by atoms with van der Waals surface area (Å²) in [6.45, 7) is 5.48. The Bertz CT molecular complexity index is 449. The normalized spacial score (nSPS) is 10.0.